The van der Waals surface area contributed by atoms with E-state index in [0.717, 1.165) is 30.4 Å². The van der Waals surface area contributed by atoms with Crippen molar-refractivity contribution in [3.05, 3.63) is 70.2 Å². The van der Waals surface area contributed by atoms with Crippen molar-refractivity contribution in [2.45, 2.75) is 32.6 Å². The Hall–Kier alpha value is -2.14. The zero-order valence-corrected chi connectivity index (χ0v) is 18.7. The number of likely N-dealkylation sites (tertiary alicyclic amines) is 1. The largest absolute Gasteiger partial charge is 0.351 e. The number of nitrogens with zero attached hydrogens (tertiary/aromatic N) is 1. The molecule has 1 saturated heterocycles. The second kappa shape index (κ2) is 10.1. The maximum absolute atomic E-state index is 13.1. The SMILES string of the molecule is CC(C)[C@@H](CNC(=O)c1ccccc1)C(=O)N1CCC(c2ccc(Br)cc2)CC1. The van der Waals surface area contributed by atoms with Crippen LogP contribution < -0.4 is 5.32 Å². The molecule has 0 saturated carbocycles. The van der Waals surface area contributed by atoms with E-state index in [9.17, 15) is 9.59 Å². The molecule has 1 atom stereocenters. The number of rotatable bonds is 6. The molecule has 2 aromatic rings. The second-order valence-electron chi connectivity index (χ2n) is 8.08. The van der Waals surface area contributed by atoms with Crippen LogP contribution in [-0.2, 0) is 4.79 Å². The molecule has 3 rings (SSSR count). The van der Waals surface area contributed by atoms with E-state index in [1.54, 1.807) is 12.1 Å². The predicted molar refractivity (Wildman–Crippen MR) is 120 cm³/mol. The fourth-order valence-electron chi connectivity index (χ4n) is 3.91. The minimum Gasteiger partial charge on any atom is -0.351 e. The van der Waals surface area contributed by atoms with Crippen molar-refractivity contribution < 1.29 is 9.59 Å². The maximum atomic E-state index is 13.1. The number of halogens is 1. The summed E-state index contributed by atoms with van der Waals surface area (Å²) in [5, 5.41) is 2.95. The first-order chi connectivity index (χ1) is 14.0. The van der Waals surface area contributed by atoms with E-state index in [4.69, 9.17) is 0 Å². The van der Waals surface area contributed by atoms with Crippen LogP contribution in [0.2, 0.25) is 0 Å². The fourth-order valence-corrected chi connectivity index (χ4v) is 4.17. The summed E-state index contributed by atoms with van der Waals surface area (Å²) in [4.78, 5) is 27.5. The van der Waals surface area contributed by atoms with E-state index in [1.807, 2.05) is 36.9 Å². The highest BCUT2D eigenvalue weighted by molar-refractivity contribution is 9.10. The highest BCUT2D eigenvalue weighted by atomic mass is 79.9. The van der Waals surface area contributed by atoms with Gasteiger partial charge in [-0.15, -0.1) is 0 Å². The number of benzene rings is 2. The van der Waals surface area contributed by atoms with Gasteiger partial charge in [0.2, 0.25) is 5.91 Å². The zero-order chi connectivity index (χ0) is 20.8. The first kappa shape index (κ1) is 21.6. The molecule has 4 nitrogen and oxygen atoms in total. The molecule has 0 radical (unpaired) electrons. The Balaban J connectivity index is 1.55. The number of amides is 2. The minimum atomic E-state index is -0.202. The second-order valence-corrected chi connectivity index (χ2v) is 8.99. The van der Waals surface area contributed by atoms with Gasteiger partial charge in [0.25, 0.3) is 5.91 Å². The average Bonchev–Trinajstić information content (AvgIpc) is 2.74. The summed E-state index contributed by atoms with van der Waals surface area (Å²) in [5.74, 6) is 0.498. The van der Waals surface area contributed by atoms with Gasteiger partial charge in [0.15, 0.2) is 0 Å². The normalized spacial score (nSPS) is 15.9. The quantitative estimate of drug-likeness (QED) is 0.674. The van der Waals surface area contributed by atoms with Crippen LogP contribution in [0.25, 0.3) is 0 Å². The lowest BCUT2D eigenvalue weighted by atomic mass is 9.88. The van der Waals surface area contributed by atoms with Gasteiger partial charge in [0, 0.05) is 29.7 Å². The number of hydrogen-bond acceptors (Lipinski definition) is 2. The Morgan fingerprint density at radius 2 is 1.66 bits per heavy atom. The summed E-state index contributed by atoms with van der Waals surface area (Å²) in [6.07, 6.45) is 1.96. The van der Waals surface area contributed by atoms with Gasteiger partial charge >= 0.3 is 0 Å². The van der Waals surface area contributed by atoms with Gasteiger partial charge in [0.1, 0.15) is 0 Å². The molecular formula is C24H29BrN2O2. The van der Waals surface area contributed by atoms with E-state index < -0.39 is 0 Å². The molecule has 0 spiro atoms. The van der Waals surface area contributed by atoms with E-state index in [1.165, 1.54) is 5.56 Å². The molecule has 1 heterocycles. The Kier molecular flexibility index (Phi) is 7.48. The third-order valence-electron chi connectivity index (χ3n) is 5.79. The zero-order valence-electron chi connectivity index (χ0n) is 17.1. The van der Waals surface area contributed by atoms with Crippen LogP contribution >= 0.6 is 15.9 Å². The molecule has 1 fully saturated rings. The summed E-state index contributed by atoms with van der Waals surface area (Å²) in [6, 6.07) is 17.6. The highest BCUT2D eigenvalue weighted by Gasteiger charge is 2.30. The van der Waals surface area contributed by atoms with Gasteiger partial charge in [-0.1, -0.05) is 60.1 Å². The number of carbonyl (C=O) groups excluding carboxylic acids is 2. The van der Waals surface area contributed by atoms with Crippen LogP contribution in [0.15, 0.2) is 59.1 Å². The number of piperidine rings is 1. The molecule has 1 aliphatic rings. The number of carbonyl (C=O) groups is 2. The average molecular weight is 457 g/mol. The lowest BCUT2D eigenvalue weighted by molar-refractivity contribution is -0.137. The van der Waals surface area contributed by atoms with Gasteiger partial charge < -0.3 is 10.2 Å². The third-order valence-corrected chi connectivity index (χ3v) is 6.32. The summed E-state index contributed by atoms with van der Waals surface area (Å²) in [6.45, 7) is 6.01. The molecule has 2 aromatic carbocycles. The predicted octanol–water partition coefficient (Wildman–Crippen LogP) is 4.86. The summed E-state index contributed by atoms with van der Waals surface area (Å²) < 4.78 is 1.09. The van der Waals surface area contributed by atoms with E-state index >= 15 is 0 Å². The van der Waals surface area contributed by atoms with Crippen LogP contribution in [0.3, 0.4) is 0 Å². The highest BCUT2D eigenvalue weighted by Crippen LogP contribution is 2.30. The smallest absolute Gasteiger partial charge is 0.251 e. The molecule has 5 heteroatoms. The van der Waals surface area contributed by atoms with E-state index in [2.05, 4.69) is 45.5 Å². The van der Waals surface area contributed by atoms with Crippen molar-refractivity contribution in [3.8, 4) is 0 Å². The van der Waals surface area contributed by atoms with Crippen LogP contribution in [0.5, 0.6) is 0 Å². The molecule has 1 aliphatic heterocycles. The molecule has 0 unspecified atom stereocenters. The van der Waals surface area contributed by atoms with Crippen LogP contribution in [0.4, 0.5) is 0 Å². The van der Waals surface area contributed by atoms with E-state index in [-0.39, 0.29) is 23.7 Å². The molecule has 1 N–H and O–H groups in total. The topological polar surface area (TPSA) is 49.4 Å². The molecular weight excluding hydrogens is 428 g/mol. The molecule has 2 amide bonds. The number of nitrogens with one attached hydrogen (secondary N) is 1. The summed E-state index contributed by atoms with van der Waals surface area (Å²) in [7, 11) is 0. The Bertz CT molecular complexity index is 813. The van der Waals surface area contributed by atoms with Gasteiger partial charge in [0.05, 0.1) is 5.92 Å². The van der Waals surface area contributed by atoms with Crippen molar-refractivity contribution >= 4 is 27.7 Å². The fraction of sp³-hybridized carbons (Fsp3) is 0.417. The monoisotopic (exact) mass is 456 g/mol. The van der Waals surface area contributed by atoms with Gasteiger partial charge in [-0.25, -0.2) is 0 Å². The first-order valence-electron chi connectivity index (χ1n) is 10.3. The first-order valence-corrected chi connectivity index (χ1v) is 11.1. The lowest BCUT2D eigenvalue weighted by Gasteiger charge is -2.35. The summed E-state index contributed by atoms with van der Waals surface area (Å²) in [5.41, 5.74) is 1.97. The maximum Gasteiger partial charge on any atom is 0.251 e. The Labute approximate surface area is 181 Å². The van der Waals surface area contributed by atoms with Crippen molar-refractivity contribution in [1.29, 1.82) is 0 Å². The van der Waals surface area contributed by atoms with Crippen molar-refractivity contribution in [2.75, 3.05) is 19.6 Å². The van der Waals surface area contributed by atoms with Crippen LogP contribution in [-0.4, -0.2) is 36.3 Å². The van der Waals surface area contributed by atoms with Crippen molar-refractivity contribution in [1.82, 2.24) is 10.2 Å². The Morgan fingerprint density at radius 1 is 1.03 bits per heavy atom. The van der Waals surface area contributed by atoms with E-state index in [0.29, 0.717) is 18.0 Å². The molecule has 0 aromatic heterocycles. The van der Waals surface area contributed by atoms with Crippen LogP contribution in [0.1, 0.15) is 48.5 Å². The van der Waals surface area contributed by atoms with Crippen LogP contribution in [0, 0.1) is 11.8 Å². The van der Waals surface area contributed by atoms with Gasteiger partial charge in [-0.2, -0.15) is 0 Å². The molecule has 0 aliphatic carbocycles. The minimum absolute atomic E-state index is 0.127. The van der Waals surface area contributed by atoms with Crippen molar-refractivity contribution in [2.24, 2.45) is 11.8 Å². The summed E-state index contributed by atoms with van der Waals surface area (Å²) >= 11 is 3.48. The molecule has 0 bridgehead atoms. The third kappa shape index (κ3) is 5.69. The number of hydrogen-bond donors (Lipinski definition) is 1. The lowest BCUT2D eigenvalue weighted by Crippen LogP contribution is -2.46. The van der Waals surface area contributed by atoms with Crippen molar-refractivity contribution in [3.63, 3.8) is 0 Å². The van der Waals surface area contributed by atoms with Gasteiger partial charge in [-0.05, 0) is 54.5 Å². The Morgan fingerprint density at radius 3 is 2.24 bits per heavy atom. The van der Waals surface area contributed by atoms with Gasteiger partial charge in [-0.3, -0.25) is 9.59 Å². The standard InChI is InChI=1S/C24H29BrN2O2/c1-17(2)22(16-26-23(28)20-6-4-3-5-7-20)24(29)27-14-12-19(13-15-27)18-8-10-21(25)11-9-18/h3-11,17,19,22H,12-16H2,1-2H3,(H,26,28)/t22-/m1/s1. The molecule has 29 heavy (non-hydrogen) atoms. The molecule has 154 valence electrons.